The number of nitrogens with zero attached hydrogens (tertiary/aromatic N) is 2. The Balaban J connectivity index is 2.43. The van der Waals surface area contributed by atoms with Crippen LogP contribution in [0.1, 0.15) is 92.9 Å². The van der Waals surface area contributed by atoms with Gasteiger partial charge in [-0.05, 0) is 36.5 Å². The van der Waals surface area contributed by atoms with Crippen molar-refractivity contribution < 1.29 is 30.0 Å². The molecule has 36 heavy (non-hydrogen) atoms. The van der Waals surface area contributed by atoms with Crippen molar-refractivity contribution in [3.63, 3.8) is 0 Å². The summed E-state index contributed by atoms with van der Waals surface area (Å²) in [6, 6.07) is -0.722. The Kier molecular flexibility index (Phi) is 10.2. The van der Waals surface area contributed by atoms with Gasteiger partial charge in [-0.3, -0.25) is 19.6 Å². The van der Waals surface area contributed by atoms with Gasteiger partial charge in [-0.1, -0.05) is 41.5 Å². The molecule has 8 heteroatoms. The maximum Gasteiger partial charge on any atom is 0.168 e. The zero-order chi connectivity index (χ0) is 27.3. The summed E-state index contributed by atoms with van der Waals surface area (Å²) in [5, 5.41) is 41.1. The van der Waals surface area contributed by atoms with E-state index in [1.54, 1.807) is 0 Å². The van der Waals surface area contributed by atoms with Crippen LogP contribution < -0.4 is 0 Å². The molecule has 202 valence electrons. The second kappa shape index (κ2) is 12.3. The molecule has 0 aromatic carbocycles. The first-order valence-corrected chi connectivity index (χ1v) is 13.0. The van der Waals surface area contributed by atoms with Crippen molar-refractivity contribution in [2.24, 2.45) is 20.8 Å². The number of aliphatic imine (C=N–C) groups is 2. The van der Waals surface area contributed by atoms with Gasteiger partial charge in [0, 0.05) is 37.1 Å². The molecule has 0 spiro atoms. The predicted molar refractivity (Wildman–Crippen MR) is 142 cm³/mol. The van der Waals surface area contributed by atoms with Crippen molar-refractivity contribution in [1.29, 1.82) is 0 Å². The van der Waals surface area contributed by atoms with Gasteiger partial charge < -0.3 is 20.4 Å². The van der Waals surface area contributed by atoms with Gasteiger partial charge in [-0.15, -0.1) is 0 Å². The molecule has 2 rings (SSSR count). The van der Waals surface area contributed by atoms with Gasteiger partial charge in [0.05, 0.1) is 36.4 Å². The summed E-state index contributed by atoms with van der Waals surface area (Å²) in [6.45, 7) is 11.4. The second-order valence-corrected chi connectivity index (χ2v) is 11.7. The van der Waals surface area contributed by atoms with Crippen LogP contribution in [-0.2, 0) is 9.59 Å². The summed E-state index contributed by atoms with van der Waals surface area (Å²) in [5.74, 6) is -0.765. The SMILES string of the molecule is CCC(CO)N=C1CC(C)(C)CC(=O)/C1=C(/O)CC/C(O)=C1\C(=O)CC(C)(C)CC1=NC(CC)CO. The van der Waals surface area contributed by atoms with Gasteiger partial charge in [0.15, 0.2) is 11.6 Å². The Morgan fingerprint density at radius 2 is 1.06 bits per heavy atom. The molecule has 0 aliphatic heterocycles. The number of aliphatic hydroxyl groups is 4. The average molecular weight is 505 g/mol. The molecule has 0 bridgehead atoms. The first-order valence-electron chi connectivity index (χ1n) is 13.0. The Hall–Kier alpha value is -2.32. The molecule has 2 saturated carbocycles. The van der Waals surface area contributed by atoms with Crippen LogP contribution in [0.4, 0.5) is 0 Å². The highest BCUT2D eigenvalue weighted by Gasteiger charge is 2.38. The number of hydrogen-bond acceptors (Lipinski definition) is 8. The van der Waals surface area contributed by atoms with Gasteiger partial charge in [0.1, 0.15) is 11.5 Å². The largest absolute Gasteiger partial charge is 0.511 e. The normalized spacial score (nSPS) is 26.8. The molecule has 2 fully saturated rings. The molecule has 2 atom stereocenters. The van der Waals surface area contributed by atoms with E-state index in [-0.39, 0.29) is 96.0 Å². The van der Waals surface area contributed by atoms with E-state index in [2.05, 4.69) is 9.98 Å². The lowest BCUT2D eigenvalue weighted by Gasteiger charge is -2.32. The molecular weight excluding hydrogens is 460 g/mol. The van der Waals surface area contributed by atoms with Crippen LogP contribution >= 0.6 is 0 Å². The molecule has 2 unspecified atom stereocenters. The maximum absolute atomic E-state index is 13.0. The summed E-state index contributed by atoms with van der Waals surface area (Å²) in [6.07, 6.45) is 2.64. The lowest BCUT2D eigenvalue weighted by atomic mass is 9.72. The molecule has 0 saturated heterocycles. The summed E-state index contributed by atoms with van der Waals surface area (Å²) >= 11 is 0. The first-order chi connectivity index (χ1) is 16.8. The van der Waals surface area contributed by atoms with Crippen LogP contribution in [-0.4, -0.2) is 68.7 Å². The zero-order valence-corrected chi connectivity index (χ0v) is 22.7. The lowest BCUT2D eigenvalue weighted by molar-refractivity contribution is -0.118. The Morgan fingerprint density at radius 3 is 1.33 bits per heavy atom. The number of carbonyl (C=O) groups excluding carboxylic acids is 2. The molecule has 0 radical (unpaired) electrons. The lowest BCUT2D eigenvalue weighted by Crippen LogP contribution is -2.34. The highest BCUT2D eigenvalue weighted by Crippen LogP contribution is 2.38. The van der Waals surface area contributed by atoms with Crippen LogP contribution in [0.15, 0.2) is 32.6 Å². The van der Waals surface area contributed by atoms with Gasteiger partial charge in [-0.25, -0.2) is 0 Å². The Bertz CT molecular complexity index is 885. The van der Waals surface area contributed by atoms with Crippen LogP contribution in [0, 0.1) is 10.8 Å². The third-order valence-corrected chi connectivity index (χ3v) is 6.92. The van der Waals surface area contributed by atoms with Crippen molar-refractivity contribution in [2.75, 3.05) is 13.2 Å². The van der Waals surface area contributed by atoms with E-state index in [0.717, 1.165) is 0 Å². The molecule has 0 heterocycles. The summed E-state index contributed by atoms with van der Waals surface area (Å²) in [5.41, 5.74) is 0.659. The molecular formula is C28H44N2O6. The van der Waals surface area contributed by atoms with Crippen LogP contribution in [0.25, 0.3) is 0 Å². The molecule has 4 N–H and O–H groups in total. The number of Topliss-reactive ketones (excluding diaryl/α,β-unsaturated/α-hetero) is 2. The zero-order valence-electron chi connectivity index (χ0n) is 22.7. The topological polar surface area (TPSA) is 140 Å². The van der Waals surface area contributed by atoms with Gasteiger partial charge >= 0.3 is 0 Å². The van der Waals surface area contributed by atoms with Gasteiger partial charge in [0.2, 0.25) is 0 Å². The second-order valence-electron chi connectivity index (χ2n) is 11.7. The van der Waals surface area contributed by atoms with E-state index in [4.69, 9.17) is 0 Å². The van der Waals surface area contributed by atoms with Crippen LogP contribution in [0.5, 0.6) is 0 Å². The summed E-state index contributed by atoms with van der Waals surface area (Å²) in [4.78, 5) is 35.2. The monoisotopic (exact) mass is 504 g/mol. The molecule has 2 aliphatic carbocycles. The fraction of sp³-hybridized carbons (Fsp3) is 0.714. The highest BCUT2D eigenvalue weighted by molar-refractivity contribution is 6.25. The molecule has 8 nitrogen and oxygen atoms in total. The van der Waals surface area contributed by atoms with Crippen molar-refractivity contribution in [3.05, 3.63) is 22.7 Å². The first kappa shape index (κ1) is 29.9. The fourth-order valence-corrected chi connectivity index (χ4v) is 4.90. The molecule has 0 aromatic rings. The van der Waals surface area contributed by atoms with Crippen molar-refractivity contribution >= 4 is 23.0 Å². The smallest absolute Gasteiger partial charge is 0.168 e. The quantitative estimate of drug-likeness (QED) is 0.267. The van der Waals surface area contributed by atoms with Crippen LogP contribution in [0.3, 0.4) is 0 Å². The van der Waals surface area contributed by atoms with E-state index in [1.165, 1.54) is 0 Å². The number of rotatable bonds is 9. The average Bonchev–Trinajstić information content (AvgIpc) is 2.77. The number of aliphatic hydroxyl groups excluding tert-OH is 4. The minimum absolute atomic E-state index is 0.0348. The predicted octanol–water partition coefficient (Wildman–Crippen LogP) is 4.59. The van der Waals surface area contributed by atoms with Crippen molar-refractivity contribution in [2.45, 2.75) is 105 Å². The minimum atomic E-state index is -0.361. The number of carbonyl (C=O) groups is 2. The third kappa shape index (κ3) is 7.59. The molecule has 0 aromatic heterocycles. The number of ketones is 2. The molecule has 0 amide bonds. The van der Waals surface area contributed by atoms with E-state index >= 15 is 0 Å². The van der Waals surface area contributed by atoms with Crippen molar-refractivity contribution in [3.8, 4) is 0 Å². The van der Waals surface area contributed by atoms with Crippen LogP contribution in [0.2, 0.25) is 0 Å². The minimum Gasteiger partial charge on any atom is -0.511 e. The van der Waals surface area contributed by atoms with E-state index < -0.39 is 0 Å². The molecule has 2 aliphatic rings. The Morgan fingerprint density at radius 1 is 0.722 bits per heavy atom. The van der Waals surface area contributed by atoms with Crippen molar-refractivity contribution in [1.82, 2.24) is 0 Å². The highest BCUT2D eigenvalue weighted by atomic mass is 16.3. The maximum atomic E-state index is 13.0. The van der Waals surface area contributed by atoms with Gasteiger partial charge in [0.25, 0.3) is 0 Å². The number of allylic oxidation sites excluding steroid dienone is 4. The number of hydrogen-bond donors (Lipinski definition) is 4. The van der Waals surface area contributed by atoms with E-state index in [9.17, 15) is 30.0 Å². The van der Waals surface area contributed by atoms with Gasteiger partial charge in [-0.2, -0.15) is 0 Å². The summed E-state index contributed by atoms with van der Waals surface area (Å²) < 4.78 is 0. The standard InChI is InChI=1S/C28H44N2O6/c1-7-17(15-31)29-19-11-27(3,4)13-23(35)25(19)21(33)9-10-22(34)26-20(30-18(8-2)16-32)12-28(5,6)14-24(26)36/h17-18,31-34H,7-16H2,1-6H3/b25-21+,26-22+,29-19?,30-20?. The fourth-order valence-electron chi connectivity index (χ4n) is 4.90. The van der Waals surface area contributed by atoms with E-state index in [1.807, 2.05) is 41.5 Å². The van der Waals surface area contributed by atoms with E-state index in [0.29, 0.717) is 37.1 Å². The summed E-state index contributed by atoms with van der Waals surface area (Å²) in [7, 11) is 0. The third-order valence-electron chi connectivity index (χ3n) is 6.92. The Labute approximate surface area is 214 Å².